The van der Waals surface area contributed by atoms with E-state index in [0.29, 0.717) is 0 Å². The van der Waals surface area contributed by atoms with Gasteiger partial charge in [0.15, 0.2) is 0 Å². The van der Waals surface area contributed by atoms with Gasteiger partial charge in [0.05, 0.1) is 33.8 Å². The van der Waals surface area contributed by atoms with Crippen LogP contribution in [0.3, 0.4) is 0 Å². The molecule has 5 heteroatoms. The summed E-state index contributed by atoms with van der Waals surface area (Å²) in [7, 11) is 0. The van der Waals surface area contributed by atoms with Crippen LogP contribution in [0.15, 0.2) is 152 Å². The Bertz CT molecular complexity index is 2530. The summed E-state index contributed by atoms with van der Waals surface area (Å²) < 4.78 is 2.41. The van der Waals surface area contributed by atoms with E-state index in [0.717, 1.165) is 83.9 Å². The second kappa shape index (κ2) is 12.8. The van der Waals surface area contributed by atoms with Gasteiger partial charge in [0.25, 0.3) is 0 Å². The average molecular weight is 651 g/mol. The van der Waals surface area contributed by atoms with Crippen LogP contribution in [0.1, 0.15) is 22.8 Å². The van der Waals surface area contributed by atoms with Crippen molar-refractivity contribution in [1.82, 2.24) is 19.5 Å². The van der Waals surface area contributed by atoms with Crippen LogP contribution in [0, 0.1) is 0 Å². The SMILES string of the molecule is C1=Cc2cc3c(-c4ccccc4)c(-c4ccccc4)c(c(-c4ccccc4)c4nc(cc5ccc(cc1n2)[nH]5)C=C4)n3-c1ccccc1.Cl. The lowest BCUT2D eigenvalue weighted by atomic mass is 9.93. The number of fused-ring (bicyclic) bond motifs is 8. The Labute approximate surface area is 290 Å². The number of hydrogen-bond acceptors (Lipinski definition) is 2. The second-order valence-corrected chi connectivity index (χ2v) is 12.0. The van der Waals surface area contributed by atoms with E-state index >= 15 is 0 Å². The Morgan fingerprint density at radius 3 is 1.49 bits per heavy atom. The Hall–Kier alpha value is -6.23. The van der Waals surface area contributed by atoms with E-state index in [-0.39, 0.29) is 12.4 Å². The summed E-state index contributed by atoms with van der Waals surface area (Å²) in [4.78, 5) is 13.9. The molecule has 2 aliphatic heterocycles. The summed E-state index contributed by atoms with van der Waals surface area (Å²) >= 11 is 0. The van der Waals surface area contributed by atoms with Gasteiger partial charge in [0.1, 0.15) is 0 Å². The third-order valence-electron chi connectivity index (χ3n) is 8.87. The van der Waals surface area contributed by atoms with Crippen molar-refractivity contribution in [3.05, 3.63) is 174 Å². The Balaban J connectivity index is 0.00000348. The van der Waals surface area contributed by atoms with E-state index in [1.807, 2.05) is 0 Å². The van der Waals surface area contributed by atoms with Crippen molar-refractivity contribution in [1.29, 1.82) is 0 Å². The van der Waals surface area contributed by atoms with E-state index in [4.69, 9.17) is 9.97 Å². The number of hydrogen-bond donors (Lipinski definition) is 1. The summed E-state index contributed by atoms with van der Waals surface area (Å²) in [6, 6.07) is 53.3. The summed E-state index contributed by atoms with van der Waals surface area (Å²) in [5.74, 6) is 0. The van der Waals surface area contributed by atoms with Crippen LogP contribution in [0.2, 0.25) is 0 Å². The van der Waals surface area contributed by atoms with Crippen molar-refractivity contribution in [2.24, 2.45) is 0 Å². The van der Waals surface area contributed by atoms with Crippen LogP contribution in [0.5, 0.6) is 0 Å². The van der Waals surface area contributed by atoms with Gasteiger partial charge in [-0.1, -0.05) is 109 Å². The van der Waals surface area contributed by atoms with Gasteiger partial charge < -0.3 is 9.55 Å². The first-order valence-corrected chi connectivity index (χ1v) is 16.2. The van der Waals surface area contributed by atoms with Crippen LogP contribution in [-0.4, -0.2) is 19.5 Å². The van der Waals surface area contributed by atoms with Gasteiger partial charge in [-0.3, -0.25) is 0 Å². The highest BCUT2D eigenvalue weighted by molar-refractivity contribution is 6.10. The number of nitrogens with one attached hydrogen (secondary N) is 1. The van der Waals surface area contributed by atoms with Crippen molar-refractivity contribution < 1.29 is 0 Å². The van der Waals surface area contributed by atoms with Crippen LogP contribution < -0.4 is 0 Å². The predicted octanol–water partition coefficient (Wildman–Crippen LogP) is 11.5. The van der Waals surface area contributed by atoms with Crippen LogP contribution in [0.4, 0.5) is 0 Å². The smallest absolute Gasteiger partial charge is 0.0737 e. The normalized spacial score (nSPS) is 11.8. The zero-order chi connectivity index (χ0) is 31.9. The number of aromatic nitrogens is 4. The first-order chi connectivity index (χ1) is 23.8. The van der Waals surface area contributed by atoms with Gasteiger partial charge in [0, 0.05) is 33.4 Å². The fraction of sp³-hybridized carbons (Fsp3) is 0. The number of benzene rings is 4. The standard InChI is InChI=1S/C44H30N4.ClH/c1-5-13-30(14-6-1)41-39-26-25-36(47-39)28-35-22-21-33(45-35)27-34-23-24-37(46-34)29-40-42(31-15-7-2-8-16-31)43(32-17-9-3-10-18-32)44(41)48(40)38-19-11-4-12-20-38;/h1-29,45H;1H. The third kappa shape index (κ3) is 5.58. The molecule has 0 fully saturated rings. The quantitative estimate of drug-likeness (QED) is 0.206. The van der Waals surface area contributed by atoms with Gasteiger partial charge >= 0.3 is 0 Å². The monoisotopic (exact) mass is 650 g/mol. The lowest BCUT2D eigenvalue weighted by Crippen LogP contribution is -1.97. The molecular formula is C44H31ClN4. The Kier molecular flexibility index (Phi) is 7.84. The van der Waals surface area contributed by atoms with Crippen molar-refractivity contribution in [2.45, 2.75) is 0 Å². The molecule has 0 aliphatic carbocycles. The molecule has 0 spiro atoms. The number of aromatic amines is 1. The lowest BCUT2D eigenvalue weighted by Gasteiger charge is -2.13. The van der Waals surface area contributed by atoms with Gasteiger partial charge in [-0.25, -0.2) is 9.97 Å². The minimum atomic E-state index is 0. The van der Waals surface area contributed by atoms with Crippen molar-refractivity contribution in [3.8, 4) is 39.1 Å². The van der Waals surface area contributed by atoms with Gasteiger partial charge in [-0.2, -0.15) is 0 Å². The molecule has 8 bridgehead atoms. The van der Waals surface area contributed by atoms with Crippen LogP contribution >= 0.6 is 12.4 Å². The Morgan fingerprint density at radius 2 is 0.898 bits per heavy atom. The van der Waals surface area contributed by atoms with E-state index in [2.05, 4.69) is 186 Å². The van der Waals surface area contributed by atoms with E-state index in [1.54, 1.807) is 0 Å². The minimum absolute atomic E-state index is 0. The fourth-order valence-corrected chi connectivity index (χ4v) is 6.81. The van der Waals surface area contributed by atoms with E-state index in [1.165, 1.54) is 0 Å². The highest BCUT2D eigenvalue weighted by atomic mass is 35.5. The maximum absolute atomic E-state index is 5.29. The number of nitrogens with zero attached hydrogens (tertiary/aromatic N) is 3. The van der Waals surface area contributed by atoms with Gasteiger partial charge in [0.2, 0.25) is 0 Å². The van der Waals surface area contributed by atoms with E-state index < -0.39 is 0 Å². The first-order valence-electron chi connectivity index (χ1n) is 16.2. The predicted molar refractivity (Wildman–Crippen MR) is 207 cm³/mol. The number of rotatable bonds is 4. The van der Waals surface area contributed by atoms with Crippen molar-refractivity contribution in [2.75, 3.05) is 0 Å². The summed E-state index contributed by atoms with van der Waals surface area (Å²) in [5.41, 5.74) is 15.4. The maximum atomic E-state index is 5.29. The molecule has 0 saturated heterocycles. The highest BCUT2D eigenvalue weighted by Gasteiger charge is 2.25. The van der Waals surface area contributed by atoms with Gasteiger partial charge in [-0.05, 0) is 83.5 Å². The molecule has 49 heavy (non-hydrogen) atoms. The lowest BCUT2D eigenvalue weighted by molar-refractivity contribution is 1.17. The highest BCUT2D eigenvalue weighted by Crippen LogP contribution is 2.47. The van der Waals surface area contributed by atoms with Gasteiger partial charge in [-0.15, -0.1) is 12.4 Å². The zero-order valence-corrected chi connectivity index (χ0v) is 27.3. The molecule has 2 aliphatic rings. The van der Waals surface area contributed by atoms with Crippen LogP contribution in [-0.2, 0) is 0 Å². The average Bonchev–Trinajstić information content (AvgIpc) is 3.95. The molecule has 7 aromatic rings. The number of halogens is 1. The molecule has 4 aromatic carbocycles. The molecule has 5 heterocycles. The summed E-state index contributed by atoms with van der Waals surface area (Å²) in [6.45, 7) is 0. The van der Waals surface area contributed by atoms with Crippen LogP contribution in [0.25, 0.3) is 85.4 Å². The molecule has 0 unspecified atom stereocenters. The molecule has 9 rings (SSSR count). The molecule has 4 nitrogen and oxygen atoms in total. The number of H-pyrrole nitrogens is 1. The molecule has 0 atom stereocenters. The van der Waals surface area contributed by atoms with E-state index in [9.17, 15) is 0 Å². The Morgan fingerprint density at radius 1 is 0.429 bits per heavy atom. The van der Waals surface area contributed by atoms with Crippen molar-refractivity contribution in [3.63, 3.8) is 0 Å². The molecule has 0 radical (unpaired) electrons. The molecule has 1 N–H and O–H groups in total. The molecular weight excluding hydrogens is 620 g/mol. The fourth-order valence-electron chi connectivity index (χ4n) is 6.81. The van der Waals surface area contributed by atoms with Crippen molar-refractivity contribution >= 4 is 58.8 Å². The second-order valence-electron chi connectivity index (χ2n) is 12.0. The largest absolute Gasteiger partial charge is 0.355 e. The summed E-state index contributed by atoms with van der Waals surface area (Å²) in [5, 5.41) is 0. The molecule has 0 amide bonds. The molecule has 0 saturated carbocycles. The first kappa shape index (κ1) is 30.1. The molecule has 3 aromatic heterocycles. The number of para-hydroxylation sites is 1. The maximum Gasteiger partial charge on any atom is 0.0737 e. The summed E-state index contributed by atoms with van der Waals surface area (Å²) in [6.07, 6.45) is 8.44. The molecule has 234 valence electrons. The topological polar surface area (TPSA) is 46.5 Å². The third-order valence-corrected chi connectivity index (χ3v) is 8.87. The minimum Gasteiger partial charge on any atom is -0.355 e. The zero-order valence-electron chi connectivity index (χ0n) is 26.5.